The van der Waals surface area contributed by atoms with Crippen molar-refractivity contribution in [1.29, 1.82) is 0 Å². The summed E-state index contributed by atoms with van der Waals surface area (Å²) in [5.41, 5.74) is 0.945. The van der Waals surface area contributed by atoms with Crippen LogP contribution in [0.5, 0.6) is 0 Å². The first-order valence-electron chi connectivity index (χ1n) is 15.3. The molecule has 2 aromatic carbocycles. The third-order valence-corrected chi connectivity index (χ3v) is 7.57. The molecule has 250 valence electrons. The van der Waals surface area contributed by atoms with Gasteiger partial charge in [0.25, 0.3) is 17.7 Å². The lowest BCUT2D eigenvalue weighted by Gasteiger charge is -2.24. The maximum Gasteiger partial charge on any atom is 0.274 e. The van der Waals surface area contributed by atoms with E-state index < -0.39 is 47.9 Å². The van der Waals surface area contributed by atoms with Crippen molar-refractivity contribution in [2.45, 2.75) is 51.0 Å². The van der Waals surface area contributed by atoms with Crippen molar-refractivity contribution in [3.05, 3.63) is 107 Å². The maximum atomic E-state index is 13.4. The Balaban J connectivity index is 1.47. The molecule has 0 aliphatic carbocycles. The fourth-order valence-corrected chi connectivity index (χ4v) is 4.99. The number of carbonyl (C=O) groups excluding carboxylic acids is 5. The van der Waals surface area contributed by atoms with E-state index >= 15 is 0 Å². The average molecular weight is 658 g/mol. The number of nitrogens with zero attached hydrogens (tertiary/aromatic N) is 3. The lowest BCUT2D eigenvalue weighted by molar-refractivity contribution is -0.131. The number of benzene rings is 2. The van der Waals surface area contributed by atoms with Crippen molar-refractivity contribution in [1.82, 2.24) is 36.3 Å². The fraction of sp³-hybridized carbons (Fsp3) is 0.303. The van der Waals surface area contributed by atoms with Gasteiger partial charge in [-0.2, -0.15) is 0 Å². The Bertz CT molecular complexity index is 1760. The molecule has 5 N–H and O–H groups in total. The van der Waals surface area contributed by atoms with Crippen LogP contribution in [0.25, 0.3) is 0 Å². The molecule has 15 heteroatoms. The van der Waals surface area contributed by atoms with Crippen molar-refractivity contribution >= 4 is 29.5 Å². The normalized spacial score (nSPS) is 20.4. The Kier molecular flexibility index (Phi) is 10.6. The summed E-state index contributed by atoms with van der Waals surface area (Å²) in [6.07, 6.45) is -0.0389. The molecule has 2 aromatic heterocycles. The Labute approximate surface area is 275 Å². The lowest BCUT2D eigenvalue weighted by atomic mass is 10.1. The van der Waals surface area contributed by atoms with Gasteiger partial charge in [-0.15, -0.1) is 0 Å². The molecule has 15 nitrogen and oxygen atoms in total. The number of aromatic nitrogens is 2. The molecule has 5 amide bonds. The number of nitrogens with one attached hydrogen (secondary N) is 4. The van der Waals surface area contributed by atoms with Crippen LogP contribution in [0.15, 0.2) is 81.9 Å². The molecule has 0 radical (unpaired) electrons. The predicted molar refractivity (Wildman–Crippen MR) is 168 cm³/mol. The van der Waals surface area contributed by atoms with Crippen LogP contribution in [0.2, 0.25) is 0 Å². The van der Waals surface area contributed by atoms with Gasteiger partial charge in [0.2, 0.25) is 17.7 Å². The zero-order chi connectivity index (χ0) is 34.2. The summed E-state index contributed by atoms with van der Waals surface area (Å²) in [7, 11) is 0. The SMILES string of the molecule is C[C@H]1NC(=O)[C@H]([C@@H](C)O)NC(=O)c2coc(n2)[C@@H](Cc2ccccc2)NC(=O)c2cc(on2)CN(C(=O)c2ccccc2)CCNC1=O. The standard InChI is InChI=1S/C33H35N7O8/c1-19-28(42)34-13-14-40(33(46)22-11-7-4-8-12-22)17-23-16-24(39-48-23)29(43)36-25(15-21-9-5-3-6-10-21)32-37-26(18-47-32)30(44)38-27(20(2)41)31(45)35-19/h3-12,16,18-20,25,27,41H,13-15,17H2,1-2H3,(H,34,42)(H,35,45)(H,36,43)(H,38,44)/t19-,20-,25-,27+/m1/s1. The van der Waals surface area contributed by atoms with Gasteiger partial charge in [0.05, 0.1) is 12.6 Å². The van der Waals surface area contributed by atoms with Gasteiger partial charge in [-0.25, -0.2) is 4.98 Å². The highest BCUT2D eigenvalue weighted by Gasteiger charge is 2.31. The summed E-state index contributed by atoms with van der Waals surface area (Å²) in [6, 6.07) is 15.8. The van der Waals surface area contributed by atoms with Crippen molar-refractivity contribution in [2.75, 3.05) is 13.1 Å². The van der Waals surface area contributed by atoms with E-state index in [2.05, 4.69) is 31.4 Å². The Morgan fingerprint density at radius 2 is 1.65 bits per heavy atom. The van der Waals surface area contributed by atoms with Crippen LogP contribution in [0.4, 0.5) is 0 Å². The van der Waals surface area contributed by atoms with Crippen molar-refractivity contribution in [3.63, 3.8) is 0 Å². The van der Waals surface area contributed by atoms with Crippen molar-refractivity contribution in [2.24, 2.45) is 0 Å². The van der Waals surface area contributed by atoms with Gasteiger partial charge in [0.15, 0.2) is 17.1 Å². The van der Waals surface area contributed by atoms with Crippen LogP contribution in [0.1, 0.15) is 68.4 Å². The Hall–Kier alpha value is -5.83. The number of hydrogen-bond donors (Lipinski definition) is 5. The molecule has 3 heterocycles. The molecule has 0 fully saturated rings. The third-order valence-electron chi connectivity index (χ3n) is 7.57. The minimum atomic E-state index is -1.44. The molecule has 0 saturated heterocycles. The quantitative estimate of drug-likeness (QED) is 0.211. The number of oxazole rings is 1. The summed E-state index contributed by atoms with van der Waals surface area (Å²) in [4.78, 5) is 71.6. The number of amides is 5. The number of carbonyl (C=O) groups is 5. The minimum Gasteiger partial charge on any atom is -0.446 e. The summed E-state index contributed by atoms with van der Waals surface area (Å²) in [5, 5.41) is 24.6. The van der Waals surface area contributed by atoms with Gasteiger partial charge in [-0.05, 0) is 31.5 Å². The van der Waals surface area contributed by atoms with Crippen molar-refractivity contribution in [3.8, 4) is 0 Å². The summed E-state index contributed by atoms with van der Waals surface area (Å²) in [6.45, 7) is 2.72. The number of aliphatic hydroxyl groups excluding tert-OH is 1. The van der Waals surface area contributed by atoms with Crippen LogP contribution in [0.3, 0.4) is 0 Å². The number of hydrogen-bond acceptors (Lipinski definition) is 10. The molecule has 4 atom stereocenters. The molecule has 0 saturated carbocycles. The van der Waals surface area contributed by atoms with E-state index in [1.807, 2.05) is 30.3 Å². The van der Waals surface area contributed by atoms with Gasteiger partial charge in [0, 0.05) is 31.1 Å². The van der Waals surface area contributed by atoms with Crippen molar-refractivity contribution < 1.29 is 38.0 Å². The fourth-order valence-electron chi connectivity index (χ4n) is 4.99. The predicted octanol–water partition coefficient (Wildman–Crippen LogP) is 1.13. The lowest BCUT2D eigenvalue weighted by Crippen LogP contribution is -2.56. The smallest absolute Gasteiger partial charge is 0.274 e. The summed E-state index contributed by atoms with van der Waals surface area (Å²) < 4.78 is 11.1. The van der Waals surface area contributed by atoms with Crippen LogP contribution in [-0.2, 0) is 22.6 Å². The Morgan fingerprint density at radius 3 is 2.35 bits per heavy atom. The largest absolute Gasteiger partial charge is 0.446 e. The highest BCUT2D eigenvalue weighted by molar-refractivity contribution is 5.97. The molecular weight excluding hydrogens is 622 g/mol. The molecular formula is C33H35N7O8. The molecule has 5 rings (SSSR count). The summed E-state index contributed by atoms with van der Waals surface area (Å²) in [5.74, 6) is -2.99. The minimum absolute atomic E-state index is 0.00469. The van der Waals surface area contributed by atoms with E-state index in [0.29, 0.717) is 5.56 Å². The molecule has 1 aliphatic heterocycles. The molecule has 0 spiro atoms. The van der Waals surface area contributed by atoms with Gasteiger partial charge >= 0.3 is 0 Å². The second-order valence-electron chi connectivity index (χ2n) is 11.3. The zero-order valence-corrected chi connectivity index (χ0v) is 26.2. The van der Waals surface area contributed by atoms with Gasteiger partial charge < -0.3 is 40.2 Å². The van der Waals surface area contributed by atoms with E-state index in [9.17, 15) is 29.1 Å². The van der Waals surface area contributed by atoms with E-state index in [0.717, 1.165) is 11.8 Å². The second kappa shape index (κ2) is 15.2. The molecule has 1 aliphatic rings. The molecule has 4 aromatic rings. The Morgan fingerprint density at radius 1 is 0.958 bits per heavy atom. The van der Waals surface area contributed by atoms with E-state index in [-0.39, 0.29) is 55.0 Å². The second-order valence-corrected chi connectivity index (χ2v) is 11.3. The van der Waals surface area contributed by atoms with E-state index in [4.69, 9.17) is 8.94 Å². The number of rotatable bonds is 4. The first-order valence-corrected chi connectivity index (χ1v) is 15.3. The first-order chi connectivity index (χ1) is 23.1. The highest BCUT2D eigenvalue weighted by Crippen LogP contribution is 2.20. The maximum absolute atomic E-state index is 13.4. The average Bonchev–Trinajstić information content (AvgIpc) is 3.77. The van der Waals surface area contributed by atoms with Crippen LogP contribution < -0.4 is 21.3 Å². The summed E-state index contributed by atoms with van der Waals surface area (Å²) >= 11 is 0. The third kappa shape index (κ3) is 8.30. The van der Waals surface area contributed by atoms with Gasteiger partial charge in [-0.1, -0.05) is 53.7 Å². The number of aliphatic hydroxyl groups is 1. The van der Waals surface area contributed by atoms with Gasteiger partial charge in [-0.3, -0.25) is 24.0 Å². The van der Waals surface area contributed by atoms with Gasteiger partial charge in [0.1, 0.15) is 24.4 Å². The highest BCUT2D eigenvalue weighted by atomic mass is 16.5. The topological polar surface area (TPSA) is 209 Å². The monoisotopic (exact) mass is 657 g/mol. The van der Waals surface area contributed by atoms with Crippen LogP contribution in [0, 0.1) is 0 Å². The van der Waals surface area contributed by atoms with Crippen LogP contribution >= 0.6 is 0 Å². The molecule has 0 unspecified atom stereocenters. The van der Waals surface area contributed by atoms with Crippen LogP contribution in [-0.4, -0.2) is 81.0 Å². The van der Waals surface area contributed by atoms with E-state index in [1.54, 1.807) is 30.3 Å². The van der Waals surface area contributed by atoms with E-state index in [1.165, 1.54) is 24.8 Å². The first kappa shape index (κ1) is 33.5. The number of fused-ring (bicyclic) bond motifs is 4. The molecule has 48 heavy (non-hydrogen) atoms. The molecule has 4 bridgehead atoms. The zero-order valence-electron chi connectivity index (χ0n) is 26.2.